The second-order valence-corrected chi connectivity index (χ2v) is 4.68. The monoisotopic (exact) mass is 265 g/mol. The van der Waals surface area contributed by atoms with Gasteiger partial charge in [0.2, 0.25) is 5.91 Å². The molecule has 0 spiro atoms. The fourth-order valence-corrected chi connectivity index (χ4v) is 1.53. The number of nitrogens with one attached hydrogen (secondary N) is 1. The molecule has 0 aliphatic heterocycles. The quantitative estimate of drug-likeness (QED) is 0.829. The molecule has 0 aliphatic rings. The Labute approximate surface area is 113 Å². The molecule has 1 aromatic rings. The summed E-state index contributed by atoms with van der Waals surface area (Å²) in [6, 6.07) is 6.11. The molecule has 0 radical (unpaired) electrons. The number of halogens is 1. The van der Waals surface area contributed by atoms with Crippen LogP contribution in [-0.4, -0.2) is 23.7 Å². The molecule has 2 unspecified atom stereocenters. The van der Waals surface area contributed by atoms with Crippen LogP contribution in [0.5, 0.6) is 0 Å². The second-order valence-electron chi connectivity index (χ2n) is 4.68. The third-order valence-electron chi connectivity index (χ3n) is 2.99. The molecular weight excluding hydrogens is 245 g/mol. The van der Waals surface area contributed by atoms with E-state index in [-0.39, 0.29) is 36.7 Å². The van der Waals surface area contributed by atoms with Gasteiger partial charge in [-0.05, 0) is 30.5 Å². The van der Waals surface area contributed by atoms with Crippen LogP contribution in [0.25, 0.3) is 6.08 Å². The van der Waals surface area contributed by atoms with Crippen molar-refractivity contribution in [1.82, 2.24) is 5.32 Å². The predicted molar refractivity (Wildman–Crippen MR) is 73.9 cm³/mol. The van der Waals surface area contributed by atoms with E-state index in [0.717, 1.165) is 5.56 Å². The molecule has 2 atom stereocenters. The minimum Gasteiger partial charge on any atom is -0.396 e. The number of hydrogen-bond donors (Lipinski definition) is 2. The summed E-state index contributed by atoms with van der Waals surface area (Å²) in [6.45, 7) is 3.77. The summed E-state index contributed by atoms with van der Waals surface area (Å²) in [5, 5.41) is 11.8. The SMILES string of the molecule is CC(CO)C(C)NC(=O)C/C=C/c1cccc(F)c1. The van der Waals surface area contributed by atoms with Crippen molar-refractivity contribution < 1.29 is 14.3 Å². The Balaban J connectivity index is 2.42. The zero-order valence-corrected chi connectivity index (χ0v) is 11.3. The lowest BCUT2D eigenvalue weighted by Crippen LogP contribution is -2.37. The average Bonchev–Trinajstić information content (AvgIpc) is 2.37. The lowest BCUT2D eigenvalue weighted by Gasteiger charge is -2.18. The summed E-state index contributed by atoms with van der Waals surface area (Å²) in [5.41, 5.74) is 0.726. The largest absolute Gasteiger partial charge is 0.396 e. The van der Waals surface area contributed by atoms with Crippen LogP contribution in [0, 0.1) is 11.7 Å². The summed E-state index contributed by atoms with van der Waals surface area (Å²) in [6.07, 6.45) is 3.64. The predicted octanol–water partition coefficient (Wildman–Crippen LogP) is 2.36. The number of hydrogen-bond acceptors (Lipinski definition) is 2. The first-order valence-corrected chi connectivity index (χ1v) is 6.35. The van der Waals surface area contributed by atoms with Gasteiger partial charge in [0.1, 0.15) is 5.82 Å². The molecule has 104 valence electrons. The van der Waals surface area contributed by atoms with E-state index in [1.165, 1.54) is 12.1 Å². The average molecular weight is 265 g/mol. The Kier molecular flexibility index (Phi) is 6.22. The molecule has 1 amide bonds. The topological polar surface area (TPSA) is 49.3 Å². The molecule has 4 heteroatoms. The fourth-order valence-electron chi connectivity index (χ4n) is 1.53. The van der Waals surface area contributed by atoms with E-state index in [4.69, 9.17) is 5.11 Å². The Morgan fingerprint density at radius 1 is 1.47 bits per heavy atom. The molecule has 19 heavy (non-hydrogen) atoms. The van der Waals surface area contributed by atoms with E-state index in [1.807, 2.05) is 13.8 Å². The van der Waals surface area contributed by atoms with Gasteiger partial charge in [0.25, 0.3) is 0 Å². The Morgan fingerprint density at radius 3 is 2.84 bits per heavy atom. The van der Waals surface area contributed by atoms with Gasteiger partial charge in [0, 0.05) is 19.1 Å². The number of aliphatic hydroxyl groups is 1. The highest BCUT2D eigenvalue weighted by molar-refractivity contribution is 5.78. The minimum absolute atomic E-state index is 0.0242. The van der Waals surface area contributed by atoms with Crippen molar-refractivity contribution in [3.8, 4) is 0 Å². The minimum atomic E-state index is -0.294. The number of carbonyl (C=O) groups excluding carboxylic acids is 1. The zero-order chi connectivity index (χ0) is 14.3. The smallest absolute Gasteiger partial charge is 0.224 e. The van der Waals surface area contributed by atoms with E-state index < -0.39 is 0 Å². The van der Waals surface area contributed by atoms with Crippen molar-refractivity contribution in [2.75, 3.05) is 6.61 Å². The molecule has 1 aromatic carbocycles. The maximum atomic E-state index is 12.9. The van der Waals surface area contributed by atoms with Crippen molar-refractivity contribution in [1.29, 1.82) is 0 Å². The number of benzene rings is 1. The fraction of sp³-hybridized carbons (Fsp3) is 0.400. The number of rotatable bonds is 6. The number of carbonyl (C=O) groups is 1. The van der Waals surface area contributed by atoms with Gasteiger partial charge in [-0.3, -0.25) is 4.79 Å². The highest BCUT2D eigenvalue weighted by atomic mass is 19.1. The first kappa shape index (κ1) is 15.4. The van der Waals surface area contributed by atoms with E-state index >= 15 is 0 Å². The Morgan fingerprint density at radius 2 is 2.21 bits per heavy atom. The Bertz CT molecular complexity index is 446. The van der Waals surface area contributed by atoms with E-state index in [2.05, 4.69) is 5.32 Å². The Hall–Kier alpha value is -1.68. The summed E-state index contributed by atoms with van der Waals surface area (Å²) in [5.74, 6) is -0.381. The molecule has 0 saturated heterocycles. The lowest BCUT2D eigenvalue weighted by molar-refractivity contribution is -0.121. The zero-order valence-electron chi connectivity index (χ0n) is 11.3. The van der Waals surface area contributed by atoms with Crippen LogP contribution in [0.1, 0.15) is 25.8 Å². The molecular formula is C15H20FNO2. The second kappa shape index (κ2) is 7.69. The summed E-state index contributed by atoms with van der Waals surface area (Å²) in [4.78, 5) is 11.6. The first-order chi connectivity index (χ1) is 9.02. The van der Waals surface area contributed by atoms with Gasteiger partial charge in [-0.1, -0.05) is 31.2 Å². The van der Waals surface area contributed by atoms with Gasteiger partial charge < -0.3 is 10.4 Å². The van der Waals surface area contributed by atoms with Crippen LogP contribution in [0.4, 0.5) is 4.39 Å². The van der Waals surface area contributed by atoms with Gasteiger partial charge in [-0.25, -0.2) is 4.39 Å². The van der Waals surface area contributed by atoms with Crippen molar-refractivity contribution >= 4 is 12.0 Å². The highest BCUT2D eigenvalue weighted by Crippen LogP contribution is 2.06. The molecule has 0 fully saturated rings. The summed E-state index contributed by atoms with van der Waals surface area (Å²) >= 11 is 0. The molecule has 0 aliphatic carbocycles. The standard InChI is InChI=1S/C15H20FNO2/c1-11(10-18)12(2)17-15(19)8-4-6-13-5-3-7-14(16)9-13/h3-7,9,11-12,18H,8,10H2,1-2H3,(H,17,19)/b6-4+. The van der Waals surface area contributed by atoms with Crippen molar-refractivity contribution in [3.63, 3.8) is 0 Å². The van der Waals surface area contributed by atoms with E-state index in [0.29, 0.717) is 0 Å². The van der Waals surface area contributed by atoms with Crippen molar-refractivity contribution in [2.45, 2.75) is 26.3 Å². The molecule has 3 nitrogen and oxygen atoms in total. The molecule has 2 N–H and O–H groups in total. The molecule has 1 rings (SSSR count). The van der Waals surface area contributed by atoms with Gasteiger partial charge in [-0.2, -0.15) is 0 Å². The van der Waals surface area contributed by atoms with Gasteiger partial charge >= 0.3 is 0 Å². The molecule has 0 heterocycles. The van der Waals surface area contributed by atoms with Crippen LogP contribution < -0.4 is 5.32 Å². The lowest BCUT2D eigenvalue weighted by atomic mass is 10.1. The van der Waals surface area contributed by atoms with E-state index in [9.17, 15) is 9.18 Å². The van der Waals surface area contributed by atoms with E-state index in [1.54, 1.807) is 24.3 Å². The molecule has 0 saturated carbocycles. The summed E-state index contributed by atoms with van der Waals surface area (Å²) in [7, 11) is 0. The molecule has 0 bridgehead atoms. The number of amides is 1. The number of aliphatic hydroxyl groups excluding tert-OH is 1. The third-order valence-corrected chi connectivity index (χ3v) is 2.99. The highest BCUT2D eigenvalue weighted by Gasteiger charge is 2.12. The first-order valence-electron chi connectivity index (χ1n) is 6.35. The van der Waals surface area contributed by atoms with Crippen LogP contribution >= 0.6 is 0 Å². The van der Waals surface area contributed by atoms with Crippen molar-refractivity contribution in [2.24, 2.45) is 5.92 Å². The van der Waals surface area contributed by atoms with Gasteiger partial charge in [0.15, 0.2) is 0 Å². The molecule has 0 aromatic heterocycles. The normalized spacial score (nSPS) is 14.3. The van der Waals surface area contributed by atoms with Crippen LogP contribution in [-0.2, 0) is 4.79 Å². The van der Waals surface area contributed by atoms with Crippen molar-refractivity contribution in [3.05, 3.63) is 41.7 Å². The maximum Gasteiger partial charge on any atom is 0.224 e. The maximum absolute atomic E-state index is 12.9. The van der Waals surface area contributed by atoms with Crippen LogP contribution in [0.15, 0.2) is 30.3 Å². The van der Waals surface area contributed by atoms with Gasteiger partial charge in [0.05, 0.1) is 0 Å². The van der Waals surface area contributed by atoms with Gasteiger partial charge in [-0.15, -0.1) is 0 Å². The van der Waals surface area contributed by atoms with Crippen LogP contribution in [0.3, 0.4) is 0 Å². The van der Waals surface area contributed by atoms with Crippen LogP contribution in [0.2, 0.25) is 0 Å². The third kappa shape index (κ3) is 5.66. The summed E-state index contributed by atoms with van der Waals surface area (Å²) < 4.78 is 12.9.